The van der Waals surface area contributed by atoms with E-state index in [1.165, 1.54) is 17.4 Å². The maximum atomic E-state index is 13.7. The molecule has 1 amide bonds. The summed E-state index contributed by atoms with van der Waals surface area (Å²) in [6, 6.07) is 4.86. The highest BCUT2D eigenvalue weighted by atomic mass is 32.1. The van der Waals surface area contributed by atoms with Crippen molar-refractivity contribution in [3.05, 3.63) is 24.0 Å². The third kappa shape index (κ3) is 3.14. The lowest BCUT2D eigenvalue weighted by Crippen LogP contribution is -2.34. The predicted octanol–water partition coefficient (Wildman–Crippen LogP) is 4.84. The van der Waals surface area contributed by atoms with Crippen molar-refractivity contribution >= 4 is 32.6 Å². The number of halogens is 1. The van der Waals surface area contributed by atoms with E-state index < -0.39 is 0 Å². The number of rotatable bonds is 2. The average Bonchev–Trinajstić information content (AvgIpc) is 2.80. The van der Waals surface area contributed by atoms with Gasteiger partial charge in [-0.2, -0.15) is 0 Å². The fraction of sp³-hybridized carbons (Fsp3) is 0.529. The second kappa shape index (κ2) is 5.61. The first-order valence-electron chi connectivity index (χ1n) is 7.70. The molecule has 0 bridgehead atoms. The van der Waals surface area contributed by atoms with Crippen molar-refractivity contribution in [3.63, 3.8) is 0 Å². The Hall–Kier alpha value is -1.49. The molecule has 1 aliphatic carbocycles. The van der Waals surface area contributed by atoms with Crippen molar-refractivity contribution in [3.8, 4) is 0 Å². The summed E-state index contributed by atoms with van der Waals surface area (Å²) in [6.45, 7) is 6.64. The zero-order chi connectivity index (χ0) is 15.9. The van der Waals surface area contributed by atoms with Gasteiger partial charge in [0, 0.05) is 5.92 Å². The summed E-state index contributed by atoms with van der Waals surface area (Å²) < 4.78 is 14.4. The maximum Gasteiger partial charge on any atom is 0.229 e. The Morgan fingerprint density at radius 3 is 2.86 bits per heavy atom. The second-order valence-electron chi connectivity index (χ2n) is 7.21. The van der Waals surface area contributed by atoms with Gasteiger partial charge in [0.1, 0.15) is 11.3 Å². The van der Waals surface area contributed by atoms with E-state index in [1.54, 1.807) is 6.07 Å². The third-order valence-electron chi connectivity index (χ3n) is 4.36. The number of para-hydroxylation sites is 1. The molecule has 2 aromatic rings. The molecule has 0 radical (unpaired) electrons. The molecule has 1 aromatic heterocycles. The van der Waals surface area contributed by atoms with Crippen LogP contribution in [0.4, 0.5) is 9.52 Å². The van der Waals surface area contributed by atoms with Gasteiger partial charge in [0.2, 0.25) is 5.91 Å². The van der Waals surface area contributed by atoms with Crippen LogP contribution in [-0.4, -0.2) is 10.9 Å². The molecular formula is C17H21FN2OS. The highest BCUT2D eigenvalue weighted by Gasteiger charge is 2.35. The number of thiazole rings is 1. The number of amides is 1. The van der Waals surface area contributed by atoms with Crippen molar-refractivity contribution < 1.29 is 9.18 Å². The van der Waals surface area contributed by atoms with Crippen LogP contribution < -0.4 is 5.32 Å². The monoisotopic (exact) mass is 320 g/mol. The highest BCUT2D eigenvalue weighted by Crippen LogP contribution is 2.42. The summed E-state index contributed by atoms with van der Waals surface area (Å²) >= 11 is 1.32. The number of carbonyl (C=O) groups excluding carboxylic acids is 1. The molecule has 1 aliphatic rings. The molecule has 22 heavy (non-hydrogen) atoms. The standard InChI is InChI=1S/C17H21FN2OS/c1-10-7-11(9-17(2,3)8-10)15(21)20-16-19-14-12(18)5-4-6-13(14)22-16/h4-6,10-11H,7-9H2,1-3H3,(H,19,20,21). The predicted molar refractivity (Wildman–Crippen MR) is 88.5 cm³/mol. The van der Waals surface area contributed by atoms with Crippen LogP contribution in [-0.2, 0) is 4.79 Å². The van der Waals surface area contributed by atoms with E-state index >= 15 is 0 Å². The van der Waals surface area contributed by atoms with E-state index in [1.807, 2.05) is 6.07 Å². The van der Waals surface area contributed by atoms with E-state index in [9.17, 15) is 9.18 Å². The van der Waals surface area contributed by atoms with Gasteiger partial charge in [-0.25, -0.2) is 9.37 Å². The first-order valence-corrected chi connectivity index (χ1v) is 8.52. The van der Waals surface area contributed by atoms with E-state index in [4.69, 9.17) is 0 Å². The Kier molecular flexibility index (Phi) is 3.93. The van der Waals surface area contributed by atoms with Crippen molar-refractivity contribution in [2.24, 2.45) is 17.3 Å². The number of fused-ring (bicyclic) bond motifs is 1. The number of hydrogen-bond donors (Lipinski definition) is 1. The molecule has 2 atom stereocenters. The topological polar surface area (TPSA) is 42.0 Å². The molecule has 1 heterocycles. The minimum atomic E-state index is -0.346. The highest BCUT2D eigenvalue weighted by molar-refractivity contribution is 7.22. The molecule has 2 unspecified atom stereocenters. The van der Waals surface area contributed by atoms with E-state index in [-0.39, 0.29) is 23.1 Å². The fourth-order valence-electron chi connectivity index (χ4n) is 3.72. The Labute approximate surface area is 133 Å². The summed E-state index contributed by atoms with van der Waals surface area (Å²) in [6.07, 6.45) is 2.96. The summed E-state index contributed by atoms with van der Waals surface area (Å²) in [5.41, 5.74) is 0.527. The molecule has 0 spiro atoms. The quantitative estimate of drug-likeness (QED) is 0.860. The van der Waals surface area contributed by atoms with Crippen molar-refractivity contribution in [1.82, 2.24) is 4.98 Å². The molecule has 0 aliphatic heterocycles. The van der Waals surface area contributed by atoms with Crippen molar-refractivity contribution in [2.75, 3.05) is 5.32 Å². The second-order valence-corrected chi connectivity index (χ2v) is 8.24. The van der Waals surface area contributed by atoms with E-state index in [0.717, 1.165) is 24.0 Å². The fourth-order valence-corrected chi connectivity index (χ4v) is 4.60. The van der Waals surface area contributed by atoms with Crippen LogP contribution in [0.5, 0.6) is 0 Å². The van der Waals surface area contributed by atoms with Gasteiger partial charge in [-0.3, -0.25) is 4.79 Å². The number of anilines is 1. The van der Waals surface area contributed by atoms with Gasteiger partial charge < -0.3 is 5.32 Å². The lowest BCUT2D eigenvalue weighted by molar-refractivity contribution is -0.122. The summed E-state index contributed by atoms with van der Waals surface area (Å²) in [7, 11) is 0. The molecule has 1 N–H and O–H groups in total. The van der Waals surface area contributed by atoms with Crippen LogP contribution in [0.2, 0.25) is 0 Å². The van der Waals surface area contributed by atoms with Gasteiger partial charge in [-0.1, -0.05) is 38.2 Å². The number of nitrogens with one attached hydrogen (secondary N) is 1. The van der Waals surface area contributed by atoms with Crippen molar-refractivity contribution in [1.29, 1.82) is 0 Å². The number of carbonyl (C=O) groups is 1. The molecule has 3 nitrogen and oxygen atoms in total. The number of hydrogen-bond acceptors (Lipinski definition) is 3. The smallest absolute Gasteiger partial charge is 0.229 e. The lowest BCUT2D eigenvalue weighted by atomic mass is 9.68. The Morgan fingerprint density at radius 1 is 1.41 bits per heavy atom. The molecule has 5 heteroatoms. The zero-order valence-electron chi connectivity index (χ0n) is 13.1. The third-order valence-corrected chi connectivity index (χ3v) is 5.29. The first kappa shape index (κ1) is 15.4. The molecular weight excluding hydrogens is 299 g/mol. The minimum absolute atomic E-state index is 0.00982. The largest absolute Gasteiger partial charge is 0.302 e. The molecule has 118 valence electrons. The minimum Gasteiger partial charge on any atom is -0.302 e. The average molecular weight is 320 g/mol. The van der Waals surface area contributed by atoms with Crippen LogP contribution in [0, 0.1) is 23.1 Å². The molecule has 1 fully saturated rings. The molecule has 3 rings (SSSR count). The number of aromatic nitrogens is 1. The van der Waals surface area contributed by atoms with Gasteiger partial charge in [0.25, 0.3) is 0 Å². The van der Waals surface area contributed by atoms with Crippen LogP contribution in [0.25, 0.3) is 10.2 Å². The van der Waals surface area contributed by atoms with E-state index in [2.05, 4.69) is 31.1 Å². The van der Waals surface area contributed by atoms with Gasteiger partial charge in [-0.15, -0.1) is 0 Å². The van der Waals surface area contributed by atoms with Gasteiger partial charge in [0.15, 0.2) is 5.13 Å². The normalized spacial score (nSPS) is 24.4. The van der Waals surface area contributed by atoms with Crippen LogP contribution in [0.15, 0.2) is 18.2 Å². The first-order chi connectivity index (χ1) is 10.3. The summed E-state index contributed by atoms with van der Waals surface area (Å²) in [5, 5.41) is 3.38. The summed E-state index contributed by atoms with van der Waals surface area (Å²) in [4.78, 5) is 16.7. The Morgan fingerprint density at radius 2 is 2.18 bits per heavy atom. The maximum absolute atomic E-state index is 13.7. The van der Waals surface area contributed by atoms with Crippen molar-refractivity contribution in [2.45, 2.75) is 40.0 Å². The Bertz CT molecular complexity index is 710. The van der Waals surface area contributed by atoms with Gasteiger partial charge in [-0.05, 0) is 42.7 Å². The van der Waals surface area contributed by atoms with E-state index in [0.29, 0.717) is 16.6 Å². The Balaban J connectivity index is 1.76. The molecule has 1 saturated carbocycles. The number of nitrogens with zero attached hydrogens (tertiary/aromatic N) is 1. The van der Waals surface area contributed by atoms with Gasteiger partial charge in [0.05, 0.1) is 4.70 Å². The zero-order valence-corrected chi connectivity index (χ0v) is 14.0. The van der Waals surface area contributed by atoms with Gasteiger partial charge >= 0.3 is 0 Å². The summed E-state index contributed by atoms with van der Waals surface area (Å²) in [5.74, 6) is 0.226. The van der Waals surface area contributed by atoms with Crippen LogP contribution >= 0.6 is 11.3 Å². The molecule has 1 aromatic carbocycles. The van der Waals surface area contributed by atoms with Crippen LogP contribution in [0.3, 0.4) is 0 Å². The van der Waals surface area contributed by atoms with Crippen LogP contribution in [0.1, 0.15) is 40.0 Å². The number of benzene rings is 1. The lowest BCUT2D eigenvalue weighted by Gasteiger charge is -2.38. The molecule has 0 saturated heterocycles. The SMILES string of the molecule is CC1CC(C(=O)Nc2nc3c(F)cccc3s2)CC(C)(C)C1.